The second-order valence-corrected chi connectivity index (χ2v) is 2.30. The van der Waals surface area contributed by atoms with Gasteiger partial charge in [-0.15, -0.1) is 12.4 Å². The second kappa shape index (κ2) is 4.54. The average molecular weight is 221 g/mol. The van der Waals surface area contributed by atoms with Gasteiger partial charge in [0.1, 0.15) is 0 Å². The van der Waals surface area contributed by atoms with Gasteiger partial charge < -0.3 is 15.3 Å². The van der Waals surface area contributed by atoms with Crippen LogP contribution in [0.25, 0.3) is 0 Å². The van der Waals surface area contributed by atoms with Crippen molar-refractivity contribution in [3.05, 3.63) is 17.7 Å². The molecule has 0 aliphatic heterocycles. The molecule has 0 aromatic heterocycles. The number of nitrogens with two attached hydrogens (primary N) is 1. The molecule has 0 saturated carbocycles. The third-order valence-corrected chi connectivity index (χ3v) is 1.51. The van der Waals surface area contributed by atoms with E-state index in [4.69, 9.17) is 21.2 Å². The maximum absolute atomic E-state index is 10.9. The van der Waals surface area contributed by atoms with Crippen LogP contribution in [0.3, 0.4) is 0 Å². The Hall–Kier alpha value is -1.66. The lowest BCUT2D eigenvalue weighted by atomic mass is 10.1. The molecule has 0 heterocycles. The number of hydrazine groups is 1. The fourth-order valence-electron chi connectivity index (χ4n) is 0.830. The van der Waals surface area contributed by atoms with Crippen molar-refractivity contribution in [1.82, 2.24) is 5.43 Å². The minimum Gasteiger partial charge on any atom is -0.504 e. The van der Waals surface area contributed by atoms with Gasteiger partial charge in [0, 0.05) is 0 Å². The van der Waals surface area contributed by atoms with Crippen LogP contribution in [0.15, 0.2) is 12.1 Å². The summed E-state index contributed by atoms with van der Waals surface area (Å²) in [5.41, 5.74) is 1.57. The molecule has 0 bridgehead atoms. The van der Waals surface area contributed by atoms with E-state index in [0.717, 1.165) is 12.1 Å². The fraction of sp³-hybridized carbons (Fsp3) is 0. The maximum atomic E-state index is 10.9. The first kappa shape index (κ1) is 12.3. The van der Waals surface area contributed by atoms with Gasteiger partial charge in [-0.1, -0.05) is 0 Å². The van der Waals surface area contributed by atoms with Crippen LogP contribution in [0.1, 0.15) is 10.4 Å². The third kappa shape index (κ3) is 1.98. The molecule has 1 amide bonds. The fourth-order valence-corrected chi connectivity index (χ4v) is 0.830. The number of hydrogen-bond acceptors (Lipinski definition) is 5. The summed E-state index contributed by atoms with van der Waals surface area (Å²) in [6, 6.07) is 2.20. The van der Waals surface area contributed by atoms with E-state index in [-0.39, 0.29) is 18.0 Å². The van der Waals surface area contributed by atoms with E-state index in [1.54, 1.807) is 5.43 Å². The minimum absolute atomic E-state index is 0. The average Bonchev–Trinajstić information content (AvgIpc) is 2.13. The predicted molar refractivity (Wildman–Crippen MR) is 50.3 cm³/mol. The molecular weight excluding hydrogens is 212 g/mol. The molecule has 78 valence electrons. The zero-order valence-corrected chi connectivity index (χ0v) is 7.71. The third-order valence-electron chi connectivity index (χ3n) is 1.51. The number of benzene rings is 1. The monoisotopic (exact) mass is 220 g/mol. The summed E-state index contributed by atoms with van der Waals surface area (Å²) >= 11 is 0. The molecule has 14 heavy (non-hydrogen) atoms. The van der Waals surface area contributed by atoms with Gasteiger partial charge in [-0.25, -0.2) is 5.84 Å². The van der Waals surface area contributed by atoms with E-state index in [0.29, 0.717) is 0 Å². The predicted octanol–water partition coefficient (Wildman–Crippen LogP) is -0.171. The van der Waals surface area contributed by atoms with E-state index < -0.39 is 23.2 Å². The van der Waals surface area contributed by atoms with Gasteiger partial charge in [0.05, 0.1) is 5.56 Å². The molecule has 0 aliphatic rings. The molecule has 0 aliphatic carbocycles. The molecule has 6 N–H and O–H groups in total. The van der Waals surface area contributed by atoms with Crippen LogP contribution in [0, 0.1) is 0 Å². The van der Waals surface area contributed by atoms with Crippen molar-refractivity contribution < 1.29 is 20.1 Å². The number of phenols is 3. The Bertz CT molecular complexity index is 356. The molecule has 0 atom stereocenters. The van der Waals surface area contributed by atoms with E-state index >= 15 is 0 Å². The summed E-state index contributed by atoms with van der Waals surface area (Å²) in [5.74, 6) is 2.09. The van der Waals surface area contributed by atoms with Gasteiger partial charge in [0.2, 0.25) is 5.75 Å². The number of nitrogens with one attached hydrogen (secondary N) is 1. The van der Waals surface area contributed by atoms with Crippen LogP contribution in [0.5, 0.6) is 17.2 Å². The van der Waals surface area contributed by atoms with Gasteiger partial charge in [-0.3, -0.25) is 10.2 Å². The Kier molecular flexibility index (Phi) is 4.00. The first-order valence-corrected chi connectivity index (χ1v) is 3.32. The number of halogens is 1. The Balaban J connectivity index is 0.00000169. The lowest BCUT2D eigenvalue weighted by Gasteiger charge is -2.05. The second-order valence-electron chi connectivity index (χ2n) is 2.30. The van der Waals surface area contributed by atoms with Gasteiger partial charge in [0.15, 0.2) is 11.5 Å². The van der Waals surface area contributed by atoms with E-state index in [1.165, 1.54) is 0 Å². The number of carbonyl (C=O) groups excluding carboxylic acids is 1. The molecule has 0 spiro atoms. The van der Waals surface area contributed by atoms with Crippen molar-refractivity contribution in [3.63, 3.8) is 0 Å². The topological polar surface area (TPSA) is 116 Å². The van der Waals surface area contributed by atoms with Crippen molar-refractivity contribution in [2.45, 2.75) is 0 Å². The SMILES string of the molecule is Cl.NNC(=O)c1ccc(O)c(O)c1O. The van der Waals surface area contributed by atoms with Crippen LogP contribution in [0.4, 0.5) is 0 Å². The van der Waals surface area contributed by atoms with Crippen LogP contribution < -0.4 is 11.3 Å². The molecule has 1 rings (SSSR count). The summed E-state index contributed by atoms with van der Waals surface area (Å²) in [7, 11) is 0. The molecule has 1 aromatic rings. The van der Waals surface area contributed by atoms with Gasteiger partial charge >= 0.3 is 0 Å². The summed E-state index contributed by atoms with van der Waals surface area (Å²) in [6.07, 6.45) is 0. The van der Waals surface area contributed by atoms with Crippen LogP contribution in [-0.2, 0) is 0 Å². The highest BCUT2D eigenvalue weighted by Crippen LogP contribution is 2.36. The highest BCUT2D eigenvalue weighted by molar-refractivity contribution is 5.97. The molecule has 0 unspecified atom stereocenters. The first-order valence-electron chi connectivity index (χ1n) is 3.32. The summed E-state index contributed by atoms with van der Waals surface area (Å²) in [5, 5.41) is 27.1. The van der Waals surface area contributed by atoms with Gasteiger partial charge in [0.25, 0.3) is 5.91 Å². The van der Waals surface area contributed by atoms with E-state index in [1.807, 2.05) is 0 Å². The molecular formula is C7H9ClN2O4. The molecule has 0 saturated heterocycles. The summed E-state index contributed by atoms with van der Waals surface area (Å²) in [4.78, 5) is 10.9. The summed E-state index contributed by atoms with van der Waals surface area (Å²) < 4.78 is 0. The molecule has 7 heteroatoms. The van der Waals surface area contributed by atoms with E-state index in [2.05, 4.69) is 0 Å². The number of phenolic OH excluding ortho intramolecular Hbond substituents is 3. The maximum Gasteiger partial charge on any atom is 0.269 e. The standard InChI is InChI=1S/C7H8N2O4.ClH/c8-9-7(13)3-1-2-4(10)6(12)5(3)11;/h1-2,10-12H,8H2,(H,9,13);1H. The molecule has 1 aromatic carbocycles. The number of nitrogen functional groups attached to an aromatic ring is 1. The number of aromatic hydroxyl groups is 3. The van der Waals surface area contributed by atoms with Crippen molar-refractivity contribution in [2.75, 3.05) is 0 Å². The van der Waals surface area contributed by atoms with E-state index in [9.17, 15) is 4.79 Å². The van der Waals surface area contributed by atoms with Gasteiger partial charge in [-0.05, 0) is 12.1 Å². The van der Waals surface area contributed by atoms with Crippen LogP contribution in [-0.4, -0.2) is 21.2 Å². The first-order chi connectivity index (χ1) is 6.07. The van der Waals surface area contributed by atoms with Crippen molar-refractivity contribution >= 4 is 18.3 Å². The Morgan fingerprint density at radius 2 is 1.79 bits per heavy atom. The van der Waals surface area contributed by atoms with Gasteiger partial charge in [-0.2, -0.15) is 0 Å². The van der Waals surface area contributed by atoms with Crippen LogP contribution in [0.2, 0.25) is 0 Å². The lowest BCUT2D eigenvalue weighted by Crippen LogP contribution is -2.29. The van der Waals surface area contributed by atoms with Crippen LogP contribution >= 0.6 is 12.4 Å². The highest BCUT2D eigenvalue weighted by atomic mass is 35.5. The van der Waals surface area contributed by atoms with Crippen molar-refractivity contribution in [1.29, 1.82) is 0 Å². The van der Waals surface area contributed by atoms with Crippen molar-refractivity contribution in [3.8, 4) is 17.2 Å². The normalized spacial score (nSPS) is 8.93. The lowest BCUT2D eigenvalue weighted by molar-refractivity contribution is 0.0950. The molecule has 6 nitrogen and oxygen atoms in total. The largest absolute Gasteiger partial charge is 0.504 e. The zero-order valence-electron chi connectivity index (χ0n) is 6.89. The smallest absolute Gasteiger partial charge is 0.269 e. The number of amides is 1. The quantitative estimate of drug-likeness (QED) is 0.195. The zero-order chi connectivity index (χ0) is 10.0. The Morgan fingerprint density at radius 3 is 2.29 bits per heavy atom. The summed E-state index contributed by atoms with van der Waals surface area (Å²) in [6.45, 7) is 0. The van der Waals surface area contributed by atoms with Crippen molar-refractivity contribution in [2.24, 2.45) is 5.84 Å². The number of hydrogen-bond donors (Lipinski definition) is 5. The number of rotatable bonds is 1. The number of carbonyl (C=O) groups is 1. The molecule has 0 radical (unpaired) electrons. The highest BCUT2D eigenvalue weighted by Gasteiger charge is 2.15. The molecule has 0 fully saturated rings. The Morgan fingerprint density at radius 1 is 1.21 bits per heavy atom. The minimum atomic E-state index is -0.757. The Labute approximate surface area is 85.4 Å².